The summed E-state index contributed by atoms with van der Waals surface area (Å²) in [7, 11) is 0. The predicted molar refractivity (Wildman–Crippen MR) is 157 cm³/mol. The van der Waals surface area contributed by atoms with E-state index in [4.69, 9.17) is 17.3 Å². The second-order valence-corrected chi connectivity index (χ2v) is 12.1. The maximum Gasteiger partial charge on any atom is 0.245 e. The number of rotatable bonds is 8. The zero-order chi connectivity index (χ0) is 29.5. The molecule has 0 spiro atoms. The van der Waals surface area contributed by atoms with Crippen LogP contribution < -0.4 is 16.4 Å². The first-order valence-corrected chi connectivity index (χ1v) is 13.6. The van der Waals surface area contributed by atoms with E-state index in [2.05, 4.69) is 58.8 Å². The number of carbonyl (C=O) groups excluding carboxylic acids is 1. The van der Waals surface area contributed by atoms with Crippen molar-refractivity contribution in [1.29, 1.82) is 10.5 Å². The number of benzene rings is 2. The molecule has 0 saturated heterocycles. The Balaban J connectivity index is 1.66. The molecular weight excluding hydrogens is 538 g/mol. The lowest BCUT2D eigenvalue weighted by atomic mass is 9.95. The largest absolute Gasteiger partial charge is 0.383 e. The normalized spacial score (nSPS) is 14.6. The summed E-state index contributed by atoms with van der Waals surface area (Å²) in [6.07, 6.45) is 4.46. The maximum atomic E-state index is 12.2. The minimum Gasteiger partial charge on any atom is -0.383 e. The lowest BCUT2D eigenvalue weighted by Gasteiger charge is -2.23. The van der Waals surface area contributed by atoms with Crippen molar-refractivity contribution in [3.8, 4) is 12.1 Å². The highest BCUT2D eigenvalue weighted by Gasteiger charge is 2.52. The van der Waals surface area contributed by atoms with E-state index in [0.717, 1.165) is 11.1 Å². The molecule has 0 radical (unpaired) electrons. The minimum absolute atomic E-state index is 0.0357. The van der Waals surface area contributed by atoms with Crippen LogP contribution in [0.25, 0.3) is 10.9 Å². The third kappa shape index (κ3) is 5.27. The number of aromatic nitrogens is 4. The van der Waals surface area contributed by atoms with Gasteiger partial charge in [0.2, 0.25) is 5.91 Å². The molecule has 2 aromatic carbocycles. The Morgan fingerprint density at radius 2 is 1.95 bits per heavy atom. The van der Waals surface area contributed by atoms with E-state index in [-0.39, 0.29) is 5.41 Å². The number of carbonyl (C=O) groups is 1. The number of hydrogen-bond acceptors (Lipinski definition) is 8. The third-order valence-corrected chi connectivity index (χ3v) is 7.60. The number of nitrogens with one attached hydrogen (secondary N) is 2. The van der Waals surface area contributed by atoms with Crippen LogP contribution in [0.1, 0.15) is 67.6 Å². The van der Waals surface area contributed by atoms with Crippen LogP contribution in [-0.4, -0.2) is 32.4 Å². The number of hydrogen-bond donors (Lipinski definition) is 3. The fraction of sp³-hybridized carbons (Fsp3) is 0.333. The summed E-state index contributed by atoms with van der Waals surface area (Å²) in [4.78, 5) is 16.8. The molecular formula is C30H30ClN9O. The van der Waals surface area contributed by atoms with E-state index in [1.54, 1.807) is 30.6 Å². The summed E-state index contributed by atoms with van der Waals surface area (Å²) in [6, 6.07) is 12.9. The van der Waals surface area contributed by atoms with Crippen LogP contribution in [0.15, 0.2) is 42.7 Å². The van der Waals surface area contributed by atoms with Gasteiger partial charge in [0.1, 0.15) is 17.3 Å². The van der Waals surface area contributed by atoms with Crippen LogP contribution in [0.2, 0.25) is 5.02 Å². The van der Waals surface area contributed by atoms with Gasteiger partial charge in [-0.25, -0.2) is 4.68 Å². The van der Waals surface area contributed by atoms with E-state index in [1.807, 2.05) is 19.1 Å². The van der Waals surface area contributed by atoms with Crippen LogP contribution in [0.4, 0.5) is 11.4 Å². The molecule has 2 aromatic heterocycles. The Hall–Kier alpha value is -4.67. The fourth-order valence-corrected chi connectivity index (χ4v) is 5.10. The van der Waals surface area contributed by atoms with Crippen molar-refractivity contribution in [2.24, 2.45) is 11.1 Å². The standard InChI is InChI=1S/C30H30ClN9O/c1-17-18(12-32)6-5-7-21(17)27(24-15-40(39-38-24)30(8-9-30)28(34)41)37-23-11-20(31)10-22-25(36-16-29(2,3)4)19(13-33)14-35-26(22)23/h5-7,10-11,14-15,27,37H,8-9,16H2,1-4H3,(H2,34,41)(H,35,36)/t27-/m0/s1. The fourth-order valence-electron chi connectivity index (χ4n) is 4.89. The molecule has 1 fully saturated rings. The molecule has 1 aliphatic carbocycles. The summed E-state index contributed by atoms with van der Waals surface area (Å²) in [5, 5.41) is 36.3. The van der Waals surface area contributed by atoms with E-state index in [1.165, 1.54) is 4.68 Å². The quantitative estimate of drug-likeness (QED) is 0.263. The van der Waals surface area contributed by atoms with E-state index < -0.39 is 17.5 Å². The van der Waals surface area contributed by atoms with E-state index in [9.17, 15) is 15.3 Å². The molecule has 41 heavy (non-hydrogen) atoms. The minimum atomic E-state index is -0.870. The summed E-state index contributed by atoms with van der Waals surface area (Å²) < 4.78 is 1.53. The monoisotopic (exact) mass is 567 g/mol. The molecule has 1 amide bonds. The van der Waals surface area contributed by atoms with Crippen LogP contribution >= 0.6 is 11.6 Å². The van der Waals surface area contributed by atoms with Gasteiger partial charge < -0.3 is 16.4 Å². The molecule has 10 nitrogen and oxygen atoms in total. The molecule has 2 heterocycles. The summed E-state index contributed by atoms with van der Waals surface area (Å²) in [5.74, 6) is -0.449. The summed E-state index contributed by atoms with van der Waals surface area (Å²) in [6.45, 7) is 8.82. The molecule has 11 heteroatoms. The first-order valence-electron chi connectivity index (χ1n) is 13.2. The van der Waals surface area contributed by atoms with E-state index >= 15 is 0 Å². The van der Waals surface area contributed by atoms with Gasteiger partial charge in [-0.05, 0) is 54.5 Å². The predicted octanol–water partition coefficient (Wildman–Crippen LogP) is 5.17. The Bertz CT molecular complexity index is 1750. The molecule has 5 rings (SSSR count). The van der Waals surface area contributed by atoms with Gasteiger partial charge in [0, 0.05) is 23.2 Å². The molecule has 0 bridgehead atoms. The number of halogens is 1. The van der Waals surface area contributed by atoms with Crippen LogP contribution in [0, 0.1) is 35.0 Å². The number of anilines is 2. The van der Waals surface area contributed by atoms with Gasteiger partial charge in [0.15, 0.2) is 0 Å². The second-order valence-electron chi connectivity index (χ2n) is 11.6. The smallest absolute Gasteiger partial charge is 0.245 e. The van der Waals surface area contributed by atoms with Gasteiger partial charge in [-0.15, -0.1) is 5.10 Å². The Morgan fingerprint density at radius 1 is 1.22 bits per heavy atom. The lowest BCUT2D eigenvalue weighted by molar-refractivity contribution is -0.122. The van der Waals surface area contributed by atoms with Gasteiger partial charge in [-0.3, -0.25) is 9.78 Å². The van der Waals surface area contributed by atoms with Crippen molar-refractivity contribution in [3.63, 3.8) is 0 Å². The van der Waals surface area contributed by atoms with Crippen molar-refractivity contribution in [2.75, 3.05) is 17.2 Å². The lowest BCUT2D eigenvalue weighted by Crippen LogP contribution is -2.34. The van der Waals surface area contributed by atoms with Crippen molar-refractivity contribution < 1.29 is 4.79 Å². The first kappa shape index (κ1) is 27.9. The zero-order valence-corrected chi connectivity index (χ0v) is 24.0. The van der Waals surface area contributed by atoms with Crippen molar-refractivity contribution in [2.45, 2.75) is 52.1 Å². The molecule has 1 saturated carbocycles. The van der Waals surface area contributed by atoms with Crippen molar-refractivity contribution in [3.05, 3.63) is 75.7 Å². The first-order chi connectivity index (χ1) is 19.5. The van der Waals surface area contributed by atoms with Gasteiger partial charge >= 0.3 is 0 Å². The molecule has 4 aromatic rings. The zero-order valence-electron chi connectivity index (χ0n) is 23.3. The van der Waals surface area contributed by atoms with E-state index in [0.29, 0.717) is 63.5 Å². The number of pyridine rings is 1. The molecule has 0 unspecified atom stereocenters. The highest BCUT2D eigenvalue weighted by atomic mass is 35.5. The molecule has 0 aliphatic heterocycles. The van der Waals surface area contributed by atoms with Gasteiger partial charge in [-0.1, -0.05) is 49.7 Å². The second kappa shape index (κ2) is 10.4. The number of fused-ring (bicyclic) bond motifs is 1. The molecule has 1 aliphatic rings. The average molecular weight is 568 g/mol. The summed E-state index contributed by atoms with van der Waals surface area (Å²) >= 11 is 6.64. The van der Waals surface area contributed by atoms with Crippen LogP contribution in [0.3, 0.4) is 0 Å². The maximum absolute atomic E-state index is 12.2. The number of nitrogens with two attached hydrogens (primary N) is 1. The number of nitrogens with zero attached hydrogens (tertiary/aromatic N) is 6. The number of primary amides is 1. The van der Waals surface area contributed by atoms with Crippen molar-refractivity contribution in [1.82, 2.24) is 20.0 Å². The van der Waals surface area contributed by atoms with Crippen LogP contribution in [-0.2, 0) is 10.3 Å². The topological polar surface area (TPSA) is 158 Å². The van der Waals surface area contributed by atoms with Crippen molar-refractivity contribution >= 4 is 39.8 Å². The van der Waals surface area contributed by atoms with Crippen LogP contribution in [0.5, 0.6) is 0 Å². The highest BCUT2D eigenvalue weighted by molar-refractivity contribution is 6.32. The average Bonchev–Trinajstić information content (AvgIpc) is 3.60. The van der Waals surface area contributed by atoms with Gasteiger partial charge in [0.05, 0.1) is 46.3 Å². The Labute approximate surface area is 243 Å². The molecule has 208 valence electrons. The molecule has 1 atom stereocenters. The third-order valence-electron chi connectivity index (χ3n) is 7.39. The Kier molecular flexibility index (Phi) is 7.06. The number of nitriles is 2. The Morgan fingerprint density at radius 3 is 2.59 bits per heavy atom. The number of amides is 1. The van der Waals surface area contributed by atoms with Gasteiger partial charge in [-0.2, -0.15) is 10.5 Å². The summed E-state index contributed by atoms with van der Waals surface area (Å²) in [5.41, 5.74) is 9.68. The molecule has 4 N–H and O–H groups in total. The SMILES string of the molecule is Cc1c(C#N)cccc1[C@H](Nc1cc(Cl)cc2c(NCC(C)(C)C)c(C#N)cnc12)c1cn(C2(C(N)=O)CC2)nn1. The van der Waals surface area contributed by atoms with Gasteiger partial charge in [0.25, 0.3) is 0 Å². The highest BCUT2D eigenvalue weighted by Crippen LogP contribution is 2.43.